The average molecular weight is 449 g/mol. The van der Waals surface area contributed by atoms with Gasteiger partial charge in [0.1, 0.15) is 30.3 Å². The number of hydrogen-bond acceptors (Lipinski definition) is 6. The molecule has 0 spiro atoms. The summed E-state index contributed by atoms with van der Waals surface area (Å²) >= 11 is 6.56. The second-order valence-electron chi connectivity index (χ2n) is 7.47. The van der Waals surface area contributed by atoms with Gasteiger partial charge in [-0.05, 0) is 48.7 Å². The zero-order chi connectivity index (χ0) is 22.4. The molecule has 1 saturated heterocycles. The number of ether oxygens (including phenoxy) is 3. The van der Waals surface area contributed by atoms with Crippen LogP contribution in [-0.4, -0.2) is 53.5 Å². The monoisotopic (exact) mass is 448 g/mol. The second-order valence-corrected chi connectivity index (χ2v) is 7.88. The number of aliphatic hydroxyl groups is 3. The third kappa shape index (κ3) is 5.79. The largest absolute Gasteiger partial charge is 0.494 e. The highest BCUT2D eigenvalue weighted by Crippen LogP contribution is 2.39. The van der Waals surface area contributed by atoms with E-state index in [0.29, 0.717) is 29.4 Å². The topological polar surface area (TPSA) is 88.4 Å². The van der Waals surface area contributed by atoms with Crippen LogP contribution in [0, 0.1) is 0 Å². The van der Waals surface area contributed by atoms with Crippen LogP contribution in [0.2, 0.25) is 5.02 Å². The maximum atomic E-state index is 10.3. The molecule has 0 bridgehead atoms. The first-order valence-electron chi connectivity index (χ1n) is 10.4. The standard InChI is InChI=1S/C24H29ClO6/c1-3-9-30-21-12-19(25)16(10-15-5-7-17(8-6-15)29-4-2)11-18(21)22-13-20(27)24(28)23(14-26)31-22/h3,5-8,11-12,20,22-24,26-28H,1,4,9-10,13-14H2,2H3. The maximum absolute atomic E-state index is 10.3. The summed E-state index contributed by atoms with van der Waals surface area (Å²) in [6, 6.07) is 11.5. The first-order valence-corrected chi connectivity index (χ1v) is 10.7. The highest BCUT2D eigenvalue weighted by atomic mass is 35.5. The zero-order valence-electron chi connectivity index (χ0n) is 17.5. The van der Waals surface area contributed by atoms with Crippen LogP contribution in [0.4, 0.5) is 0 Å². The van der Waals surface area contributed by atoms with E-state index < -0.39 is 31.0 Å². The van der Waals surface area contributed by atoms with E-state index in [0.717, 1.165) is 16.9 Å². The Hall–Kier alpha value is -2.09. The van der Waals surface area contributed by atoms with Crippen LogP contribution in [0.15, 0.2) is 49.1 Å². The molecule has 1 heterocycles. The molecule has 0 radical (unpaired) electrons. The number of halogens is 1. The van der Waals surface area contributed by atoms with E-state index in [4.69, 9.17) is 25.8 Å². The van der Waals surface area contributed by atoms with Gasteiger partial charge in [0.2, 0.25) is 0 Å². The Morgan fingerprint density at radius 3 is 2.58 bits per heavy atom. The average Bonchev–Trinajstić information content (AvgIpc) is 2.77. The Morgan fingerprint density at radius 1 is 1.19 bits per heavy atom. The lowest BCUT2D eigenvalue weighted by atomic mass is 9.92. The molecule has 4 atom stereocenters. The third-order valence-electron chi connectivity index (χ3n) is 5.26. The van der Waals surface area contributed by atoms with Gasteiger partial charge in [-0.25, -0.2) is 0 Å². The molecule has 31 heavy (non-hydrogen) atoms. The van der Waals surface area contributed by atoms with Crippen molar-refractivity contribution < 1.29 is 29.5 Å². The van der Waals surface area contributed by atoms with Gasteiger partial charge >= 0.3 is 0 Å². The van der Waals surface area contributed by atoms with Crippen LogP contribution < -0.4 is 9.47 Å². The van der Waals surface area contributed by atoms with E-state index in [1.807, 2.05) is 37.3 Å². The predicted octanol–water partition coefficient (Wildman–Crippen LogP) is 3.44. The van der Waals surface area contributed by atoms with Gasteiger partial charge in [-0.3, -0.25) is 0 Å². The molecule has 1 aliphatic heterocycles. The summed E-state index contributed by atoms with van der Waals surface area (Å²) in [5.74, 6) is 1.33. The Bertz CT molecular complexity index is 869. The van der Waals surface area contributed by atoms with Crippen LogP contribution in [0.5, 0.6) is 11.5 Å². The molecule has 0 aromatic heterocycles. The molecule has 0 aliphatic carbocycles. The summed E-state index contributed by atoms with van der Waals surface area (Å²) in [5, 5.41) is 30.4. The lowest BCUT2D eigenvalue weighted by molar-refractivity contribution is -0.181. The molecule has 1 aliphatic rings. The van der Waals surface area contributed by atoms with Gasteiger partial charge in [-0.2, -0.15) is 0 Å². The molecule has 4 unspecified atom stereocenters. The van der Waals surface area contributed by atoms with E-state index in [9.17, 15) is 15.3 Å². The smallest absolute Gasteiger partial charge is 0.127 e. The summed E-state index contributed by atoms with van der Waals surface area (Å²) in [7, 11) is 0. The van der Waals surface area contributed by atoms with Crippen molar-refractivity contribution >= 4 is 11.6 Å². The van der Waals surface area contributed by atoms with Gasteiger partial charge in [0.25, 0.3) is 0 Å². The third-order valence-corrected chi connectivity index (χ3v) is 5.61. The van der Waals surface area contributed by atoms with Crippen molar-refractivity contribution in [3.05, 3.63) is 70.8 Å². The first kappa shape index (κ1) is 23.6. The fourth-order valence-electron chi connectivity index (χ4n) is 3.67. The minimum atomic E-state index is -1.14. The van der Waals surface area contributed by atoms with E-state index in [1.165, 1.54) is 0 Å². The number of benzene rings is 2. The molecule has 3 rings (SSSR count). The molecule has 2 aromatic carbocycles. The van der Waals surface area contributed by atoms with Crippen molar-refractivity contribution in [2.24, 2.45) is 0 Å². The Labute approximate surface area is 187 Å². The molecule has 6 nitrogen and oxygen atoms in total. The molecule has 168 valence electrons. The highest BCUT2D eigenvalue weighted by Gasteiger charge is 2.38. The van der Waals surface area contributed by atoms with Gasteiger partial charge in [-0.1, -0.05) is 36.4 Å². The maximum Gasteiger partial charge on any atom is 0.127 e. The molecule has 7 heteroatoms. The summed E-state index contributed by atoms with van der Waals surface area (Å²) in [6.45, 7) is 6.11. The fraction of sp³-hybridized carbons (Fsp3) is 0.417. The van der Waals surface area contributed by atoms with Crippen LogP contribution in [0.25, 0.3) is 0 Å². The van der Waals surface area contributed by atoms with Crippen molar-refractivity contribution in [1.29, 1.82) is 0 Å². The molecule has 2 aromatic rings. The van der Waals surface area contributed by atoms with Crippen LogP contribution in [-0.2, 0) is 11.2 Å². The molecule has 1 fully saturated rings. The van der Waals surface area contributed by atoms with Crippen molar-refractivity contribution in [2.75, 3.05) is 19.8 Å². The minimum Gasteiger partial charge on any atom is -0.494 e. The van der Waals surface area contributed by atoms with Crippen molar-refractivity contribution in [3.8, 4) is 11.5 Å². The number of hydrogen-bond donors (Lipinski definition) is 3. The molecule has 3 N–H and O–H groups in total. The summed E-state index contributed by atoms with van der Waals surface area (Å²) in [6.07, 6.45) is -1.23. The summed E-state index contributed by atoms with van der Waals surface area (Å²) in [5.41, 5.74) is 2.64. The van der Waals surface area contributed by atoms with Crippen molar-refractivity contribution in [1.82, 2.24) is 0 Å². The highest BCUT2D eigenvalue weighted by molar-refractivity contribution is 6.31. The van der Waals surface area contributed by atoms with Crippen LogP contribution in [0.3, 0.4) is 0 Å². The van der Waals surface area contributed by atoms with Gasteiger partial charge in [-0.15, -0.1) is 0 Å². The Kier molecular flexibility index (Phi) is 8.35. The van der Waals surface area contributed by atoms with E-state index >= 15 is 0 Å². The first-order chi connectivity index (χ1) is 15.0. The summed E-state index contributed by atoms with van der Waals surface area (Å²) in [4.78, 5) is 0. The SMILES string of the molecule is C=CCOc1cc(Cl)c(Cc2ccc(OCC)cc2)cc1C1CC(O)C(O)C(CO)O1. The lowest BCUT2D eigenvalue weighted by Gasteiger charge is -2.37. The molecular weight excluding hydrogens is 420 g/mol. The van der Waals surface area contributed by atoms with E-state index in [1.54, 1.807) is 12.1 Å². The van der Waals surface area contributed by atoms with E-state index in [-0.39, 0.29) is 13.0 Å². The zero-order valence-corrected chi connectivity index (χ0v) is 18.3. The molecule has 0 saturated carbocycles. The molecular formula is C24H29ClO6. The number of rotatable bonds is 9. The van der Waals surface area contributed by atoms with E-state index in [2.05, 4.69) is 6.58 Å². The van der Waals surface area contributed by atoms with Gasteiger partial charge in [0.05, 0.1) is 25.4 Å². The predicted molar refractivity (Wildman–Crippen MR) is 119 cm³/mol. The Balaban J connectivity index is 1.91. The van der Waals surface area contributed by atoms with Gasteiger partial charge in [0.15, 0.2) is 0 Å². The summed E-state index contributed by atoms with van der Waals surface area (Å²) < 4.78 is 17.2. The Morgan fingerprint density at radius 2 is 1.94 bits per heavy atom. The minimum absolute atomic E-state index is 0.173. The van der Waals surface area contributed by atoms with Crippen molar-refractivity contribution in [2.45, 2.75) is 44.2 Å². The quantitative estimate of drug-likeness (QED) is 0.509. The number of aliphatic hydroxyl groups excluding tert-OH is 3. The van der Waals surface area contributed by atoms with Crippen LogP contribution >= 0.6 is 11.6 Å². The lowest BCUT2D eigenvalue weighted by Crippen LogP contribution is -2.47. The fourth-order valence-corrected chi connectivity index (χ4v) is 3.90. The van der Waals surface area contributed by atoms with Gasteiger partial charge in [0, 0.05) is 17.0 Å². The normalized spacial score (nSPS) is 23.4. The molecule has 0 amide bonds. The second kappa shape index (κ2) is 11.0. The van der Waals surface area contributed by atoms with Crippen molar-refractivity contribution in [3.63, 3.8) is 0 Å². The van der Waals surface area contributed by atoms with Crippen LogP contribution in [0.1, 0.15) is 36.1 Å². The van der Waals surface area contributed by atoms with Gasteiger partial charge < -0.3 is 29.5 Å².